The van der Waals surface area contributed by atoms with Crippen LogP contribution in [0.25, 0.3) is 0 Å². The van der Waals surface area contributed by atoms with Crippen molar-refractivity contribution in [2.45, 2.75) is 39.7 Å². The molecule has 0 aromatic carbocycles. The van der Waals surface area contributed by atoms with Gasteiger partial charge in [-0.15, -0.1) is 0 Å². The molecule has 1 atom stereocenters. The largest absolute Gasteiger partial charge is 0.324 e. The Morgan fingerprint density at radius 1 is 1.50 bits per heavy atom. The number of urea groups is 1. The highest BCUT2D eigenvalue weighted by molar-refractivity contribution is 5.98. The SMILES string of the molecule is CCC(C)(C)N1CC(C)C(=O)NC1=O. The molecule has 0 bridgehead atoms. The molecule has 4 nitrogen and oxygen atoms in total. The summed E-state index contributed by atoms with van der Waals surface area (Å²) < 4.78 is 0. The highest BCUT2D eigenvalue weighted by Gasteiger charge is 2.36. The van der Waals surface area contributed by atoms with Gasteiger partial charge in [-0.1, -0.05) is 13.8 Å². The lowest BCUT2D eigenvalue weighted by molar-refractivity contribution is -0.126. The van der Waals surface area contributed by atoms with Crippen LogP contribution in [-0.4, -0.2) is 28.9 Å². The molecule has 0 radical (unpaired) electrons. The van der Waals surface area contributed by atoms with E-state index in [0.29, 0.717) is 6.54 Å². The van der Waals surface area contributed by atoms with E-state index in [2.05, 4.69) is 5.32 Å². The van der Waals surface area contributed by atoms with Crippen molar-refractivity contribution in [3.05, 3.63) is 0 Å². The summed E-state index contributed by atoms with van der Waals surface area (Å²) in [7, 11) is 0. The van der Waals surface area contributed by atoms with Crippen molar-refractivity contribution in [3.63, 3.8) is 0 Å². The number of carbonyl (C=O) groups excluding carboxylic acids is 2. The fourth-order valence-electron chi connectivity index (χ4n) is 1.45. The van der Waals surface area contributed by atoms with Gasteiger partial charge in [0.25, 0.3) is 0 Å². The second kappa shape index (κ2) is 3.59. The van der Waals surface area contributed by atoms with E-state index in [1.807, 2.05) is 27.7 Å². The minimum absolute atomic E-state index is 0.112. The van der Waals surface area contributed by atoms with Crippen LogP contribution in [0.15, 0.2) is 0 Å². The molecule has 1 saturated heterocycles. The zero-order valence-electron chi connectivity index (χ0n) is 9.26. The Kier molecular flexibility index (Phi) is 2.83. The molecule has 3 amide bonds. The summed E-state index contributed by atoms with van der Waals surface area (Å²) in [6, 6.07) is -0.264. The Morgan fingerprint density at radius 3 is 2.57 bits per heavy atom. The van der Waals surface area contributed by atoms with Gasteiger partial charge in [0.05, 0.1) is 5.92 Å². The van der Waals surface area contributed by atoms with E-state index in [4.69, 9.17) is 0 Å². The van der Waals surface area contributed by atoms with Gasteiger partial charge in [0.1, 0.15) is 0 Å². The lowest BCUT2D eigenvalue weighted by Gasteiger charge is -2.41. The first kappa shape index (κ1) is 11.0. The topological polar surface area (TPSA) is 49.4 Å². The monoisotopic (exact) mass is 198 g/mol. The highest BCUT2D eigenvalue weighted by atomic mass is 16.2. The molecule has 1 rings (SSSR count). The van der Waals surface area contributed by atoms with Gasteiger partial charge in [0.2, 0.25) is 5.91 Å². The van der Waals surface area contributed by atoms with Gasteiger partial charge in [-0.05, 0) is 20.3 Å². The van der Waals surface area contributed by atoms with E-state index in [1.54, 1.807) is 4.90 Å². The third-order valence-electron chi connectivity index (χ3n) is 2.98. The van der Waals surface area contributed by atoms with Gasteiger partial charge in [0, 0.05) is 12.1 Å². The zero-order valence-corrected chi connectivity index (χ0v) is 9.26. The first-order valence-electron chi connectivity index (χ1n) is 5.01. The predicted molar refractivity (Wildman–Crippen MR) is 53.8 cm³/mol. The van der Waals surface area contributed by atoms with E-state index in [-0.39, 0.29) is 23.4 Å². The zero-order chi connectivity index (χ0) is 10.9. The maximum absolute atomic E-state index is 11.5. The summed E-state index contributed by atoms with van der Waals surface area (Å²) in [6.45, 7) is 8.41. The standard InChI is InChI=1S/C10H18N2O2/c1-5-10(3,4)12-6-7(2)8(13)11-9(12)14/h7H,5-6H2,1-4H3,(H,11,13,14). The molecule has 1 unspecified atom stereocenters. The molecule has 1 heterocycles. The summed E-state index contributed by atoms with van der Waals surface area (Å²) in [5.41, 5.74) is -0.182. The molecule has 0 spiro atoms. The molecule has 1 N–H and O–H groups in total. The smallest absolute Gasteiger partial charge is 0.319 e. The molecule has 1 aliphatic heterocycles. The minimum atomic E-state index is -0.264. The fourth-order valence-corrected chi connectivity index (χ4v) is 1.45. The highest BCUT2D eigenvalue weighted by Crippen LogP contribution is 2.22. The number of hydrogen-bond donors (Lipinski definition) is 1. The molecule has 1 aliphatic rings. The maximum atomic E-state index is 11.5. The predicted octanol–water partition coefficient (Wildman–Crippen LogP) is 1.36. The van der Waals surface area contributed by atoms with Crippen LogP contribution in [0.5, 0.6) is 0 Å². The quantitative estimate of drug-likeness (QED) is 0.728. The maximum Gasteiger partial charge on any atom is 0.324 e. The molecule has 80 valence electrons. The summed E-state index contributed by atoms with van der Waals surface area (Å²) in [5.74, 6) is -0.281. The Morgan fingerprint density at radius 2 is 2.07 bits per heavy atom. The van der Waals surface area contributed by atoms with Crippen LogP contribution in [0, 0.1) is 5.92 Å². The summed E-state index contributed by atoms with van der Waals surface area (Å²) in [5, 5.41) is 2.37. The molecular weight excluding hydrogens is 180 g/mol. The second-order valence-corrected chi connectivity index (χ2v) is 4.47. The van der Waals surface area contributed by atoms with Crippen LogP contribution < -0.4 is 5.32 Å². The van der Waals surface area contributed by atoms with Crippen molar-refractivity contribution in [1.82, 2.24) is 10.2 Å². The third-order valence-corrected chi connectivity index (χ3v) is 2.98. The van der Waals surface area contributed by atoms with E-state index < -0.39 is 0 Å². The van der Waals surface area contributed by atoms with Crippen LogP contribution in [0.2, 0.25) is 0 Å². The number of hydrogen-bond acceptors (Lipinski definition) is 2. The fraction of sp³-hybridized carbons (Fsp3) is 0.800. The van der Waals surface area contributed by atoms with Gasteiger partial charge in [0.15, 0.2) is 0 Å². The van der Waals surface area contributed by atoms with Gasteiger partial charge in [-0.25, -0.2) is 4.79 Å². The number of rotatable bonds is 2. The van der Waals surface area contributed by atoms with Crippen molar-refractivity contribution in [2.75, 3.05) is 6.54 Å². The van der Waals surface area contributed by atoms with Crippen LogP contribution >= 0.6 is 0 Å². The Hall–Kier alpha value is -1.06. The second-order valence-electron chi connectivity index (χ2n) is 4.47. The average molecular weight is 198 g/mol. The lowest BCUT2D eigenvalue weighted by atomic mass is 9.96. The van der Waals surface area contributed by atoms with Crippen molar-refractivity contribution >= 4 is 11.9 Å². The number of nitrogens with zero attached hydrogens (tertiary/aromatic N) is 1. The average Bonchev–Trinajstić information content (AvgIpc) is 2.11. The Labute approximate surface area is 84.7 Å². The molecule has 0 aliphatic carbocycles. The number of amides is 3. The molecule has 0 saturated carbocycles. The summed E-state index contributed by atoms with van der Waals surface area (Å²) >= 11 is 0. The number of imide groups is 1. The number of carbonyl (C=O) groups is 2. The Balaban J connectivity index is 2.81. The molecule has 0 aromatic rings. The van der Waals surface area contributed by atoms with Crippen LogP contribution in [0.3, 0.4) is 0 Å². The van der Waals surface area contributed by atoms with Gasteiger partial charge in [-0.2, -0.15) is 0 Å². The van der Waals surface area contributed by atoms with Crippen molar-refractivity contribution < 1.29 is 9.59 Å². The first-order valence-corrected chi connectivity index (χ1v) is 5.01. The van der Waals surface area contributed by atoms with Crippen LogP contribution in [-0.2, 0) is 4.79 Å². The molecule has 0 aromatic heterocycles. The van der Waals surface area contributed by atoms with Gasteiger partial charge >= 0.3 is 6.03 Å². The third kappa shape index (κ3) is 1.89. The van der Waals surface area contributed by atoms with E-state index in [0.717, 1.165) is 6.42 Å². The Bertz CT molecular complexity index is 261. The molecule has 4 heteroatoms. The van der Waals surface area contributed by atoms with Crippen molar-refractivity contribution in [3.8, 4) is 0 Å². The minimum Gasteiger partial charge on any atom is -0.319 e. The summed E-state index contributed by atoms with van der Waals surface area (Å²) in [6.07, 6.45) is 0.876. The van der Waals surface area contributed by atoms with Crippen LogP contribution in [0.1, 0.15) is 34.1 Å². The first-order chi connectivity index (χ1) is 6.38. The molecule has 14 heavy (non-hydrogen) atoms. The normalized spacial score (nSPS) is 23.7. The van der Waals surface area contributed by atoms with Crippen molar-refractivity contribution in [2.24, 2.45) is 5.92 Å². The number of nitrogens with one attached hydrogen (secondary N) is 1. The van der Waals surface area contributed by atoms with E-state index in [1.165, 1.54) is 0 Å². The van der Waals surface area contributed by atoms with E-state index in [9.17, 15) is 9.59 Å². The lowest BCUT2D eigenvalue weighted by Crippen LogP contribution is -2.60. The van der Waals surface area contributed by atoms with E-state index >= 15 is 0 Å². The van der Waals surface area contributed by atoms with Gasteiger partial charge in [-0.3, -0.25) is 10.1 Å². The summed E-state index contributed by atoms with van der Waals surface area (Å²) in [4.78, 5) is 24.5. The molecular formula is C10H18N2O2. The molecule has 1 fully saturated rings. The van der Waals surface area contributed by atoms with Crippen molar-refractivity contribution in [1.29, 1.82) is 0 Å². The van der Waals surface area contributed by atoms with Gasteiger partial charge < -0.3 is 4.90 Å². The van der Waals surface area contributed by atoms with Crippen LogP contribution in [0.4, 0.5) is 4.79 Å².